The van der Waals surface area contributed by atoms with Crippen LogP contribution in [0, 0.1) is 0 Å². The second-order valence-corrected chi connectivity index (χ2v) is 9.24. The number of sulfone groups is 1. The highest BCUT2D eigenvalue weighted by molar-refractivity contribution is 7.91. The minimum Gasteiger partial charge on any atom is -0.443 e. The van der Waals surface area contributed by atoms with Crippen LogP contribution in [0.4, 0.5) is 0 Å². The number of aryl methyl sites for hydroxylation is 1. The Kier molecular flexibility index (Phi) is 4.75. The summed E-state index contributed by atoms with van der Waals surface area (Å²) in [6.45, 7) is 0.256. The molecule has 2 aromatic heterocycles. The number of oxazole rings is 1. The lowest BCUT2D eigenvalue weighted by Crippen LogP contribution is -2.22. The van der Waals surface area contributed by atoms with Gasteiger partial charge in [0.1, 0.15) is 5.52 Å². The molecule has 1 amide bonds. The number of hydrogen-bond donors (Lipinski definition) is 1. The summed E-state index contributed by atoms with van der Waals surface area (Å²) < 4.78 is 33.2. The van der Waals surface area contributed by atoms with Crippen LogP contribution in [-0.4, -0.2) is 29.1 Å². The van der Waals surface area contributed by atoms with Gasteiger partial charge < -0.3 is 9.73 Å². The Morgan fingerprint density at radius 1 is 1.09 bits per heavy atom. The molecule has 5 aromatic rings. The third-order valence-electron chi connectivity index (χ3n) is 5.32. The minimum absolute atomic E-state index is 0.180. The van der Waals surface area contributed by atoms with Gasteiger partial charge in [-0.1, -0.05) is 18.2 Å². The first-order valence-electron chi connectivity index (χ1n) is 9.80. The maximum Gasteiger partial charge on any atom is 0.251 e. The zero-order valence-electron chi connectivity index (χ0n) is 17.0. The molecule has 0 saturated heterocycles. The zero-order chi connectivity index (χ0) is 22.3. The van der Waals surface area contributed by atoms with Gasteiger partial charge in [0.2, 0.25) is 9.84 Å². The number of amides is 1. The number of hydrogen-bond acceptors (Lipinski definition) is 6. The molecule has 0 spiro atoms. The highest BCUT2D eigenvalue weighted by Gasteiger charge is 2.21. The fourth-order valence-corrected chi connectivity index (χ4v) is 5.03. The van der Waals surface area contributed by atoms with Crippen molar-refractivity contribution in [2.75, 3.05) is 0 Å². The van der Waals surface area contributed by atoms with Gasteiger partial charge in [-0.15, -0.1) is 0 Å². The smallest absolute Gasteiger partial charge is 0.251 e. The average molecular weight is 446 g/mol. The van der Waals surface area contributed by atoms with Crippen LogP contribution in [0.3, 0.4) is 0 Å². The number of fused-ring (bicyclic) bond motifs is 2. The summed E-state index contributed by atoms with van der Waals surface area (Å²) in [5.74, 6) is -0.261. The third-order valence-corrected chi connectivity index (χ3v) is 7.15. The summed E-state index contributed by atoms with van der Waals surface area (Å²) in [6.07, 6.45) is 2.89. The van der Waals surface area contributed by atoms with Crippen molar-refractivity contribution >= 4 is 37.7 Å². The molecule has 160 valence electrons. The standard InChI is InChI=1S/C23H18N4O4S/c1-27-20-3-2-4-22(18(20)13-26-27)32(29,30)17-8-5-15(6-9-17)12-24-23(28)16-7-10-19-21(11-16)31-14-25-19/h2-11,13-14H,12H2,1H3,(H,24,28). The quantitative estimate of drug-likeness (QED) is 0.443. The van der Waals surface area contributed by atoms with E-state index < -0.39 is 9.84 Å². The predicted molar refractivity (Wildman–Crippen MR) is 118 cm³/mol. The largest absolute Gasteiger partial charge is 0.443 e. The van der Waals surface area contributed by atoms with Crippen molar-refractivity contribution in [1.29, 1.82) is 0 Å². The molecule has 0 atom stereocenters. The van der Waals surface area contributed by atoms with Gasteiger partial charge in [-0.05, 0) is 48.0 Å². The molecule has 0 aliphatic heterocycles. The molecule has 0 aliphatic rings. The molecule has 0 saturated carbocycles. The molecule has 8 nitrogen and oxygen atoms in total. The number of aromatic nitrogens is 3. The molecule has 0 aliphatic carbocycles. The Bertz CT molecular complexity index is 1570. The summed E-state index contributed by atoms with van der Waals surface area (Å²) in [5.41, 5.74) is 3.20. The molecular formula is C23H18N4O4S. The number of rotatable bonds is 5. The van der Waals surface area contributed by atoms with E-state index in [-0.39, 0.29) is 22.2 Å². The van der Waals surface area contributed by atoms with Gasteiger partial charge in [0.05, 0.1) is 21.5 Å². The second-order valence-electron chi connectivity index (χ2n) is 7.32. The molecule has 0 fully saturated rings. The van der Waals surface area contributed by atoms with Gasteiger partial charge in [0.15, 0.2) is 12.0 Å². The SMILES string of the molecule is Cn1ncc2c(S(=O)(=O)c3ccc(CNC(=O)c4ccc5ncoc5c4)cc3)cccc21. The van der Waals surface area contributed by atoms with Gasteiger partial charge in [-0.2, -0.15) is 5.10 Å². The van der Waals surface area contributed by atoms with Gasteiger partial charge in [0.25, 0.3) is 5.91 Å². The summed E-state index contributed by atoms with van der Waals surface area (Å²) in [5, 5.41) is 7.57. The Morgan fingerprint density at radius 3 is 2.72 bits per heavy atom. The number of carbonyl (C=O) groups is 1. The molecule has 0 unspecified atom stereocenters. The number of nitrogens with zero attached hydrogens (tertiary/aromatic N) is 3. The first-order chi connectivity index (χ1) is 15.4. The summed E-state index contributed by atoms with van der Waals surface area (Å²) >= 11 is 0. The summed E-state index contributed by atoms with van der Waals surface area (Å²) in [6, 6.07) is 16.6. The van der Waals surface area contributed by atoms with Crippen LogP contribution in [0.25, 0.3) is 22.0 Å². The molecule has 3 aromatic carbocycles. The first-order valence-corrected chi connectivity index (χ1v) is 11.3. The molecule has 0 radical (unpaired) electrons. The van der Waals surface area contributed by atoms with Gasteiger partial charge in [0, 0.05) is 24.5 Å². The maximum atomic E-state index is 13.2. The van der Waals surface area contributed by atoms with E-state index in [1.807, 2.05) is 6.07 Å². The van der Waals surface area contributed by atoms with Gasteiger partial charge in [-0.3, -0.25) is 9.48 Å². The minimum atomic E-state index is -3.72. The van der Waals surface area contributed by atoms with Crippen LogP contribution in [0.2, 0.25) is 0 Å². The van der Waals surface area contributed by atoms with Gasteiger partial charge in [-0.25, -0.2) is 13.4 Å². The predicted octanol–water partition coefficient (Wildman–Crippen LogP) is 3.48. The fourth-order valence-electron chi connectivity index (χ4n) is 3.58. The zero-order valence-corrected chi connectivity index (χ0v) is 17.8. The van der Waals surface area contributed by atoms with Crippen molar-refractivity contribution in [3.05, 3.63) is 84.4 Å². The highest BCUT2D eigenvalue weighted by Crippen LogP contribution is 2.28. The Hall–Kier alpha value is -3.98. The number of carbonyl (C=O) groups excluding carboxylic acids is 1. The monoisotopic (exact) mass is 446 g/mol. The highest BCUT2D eigenvalue weighted by atomic mass is 32.2. The van der Waals surface area contributed by atoms with E-state index in [1.54, 1.807) is 72.5 Å². The normalized spacial score (nSPS) is 11.8. The van der Waals surface area contributed by atoms with E-state index in [9.17, 15) is 13.2 Å². The molecule has 32 heavy (non-hydrogen) atoms. The van der Waals surface area contributed by atoms with Crippen molar-refractivity contribution in [3.63, 3.8) is 0 Å². The van der Waals surface area contributed by atoms with Crippen molar-refractivity contribution in [2.45, 2.75) is 16.3 Å². The van der Waals surface area contributed by atoms with Crippen LogP contribution in [-0.2, 0) is 23.4 Å². The van der Waals surface area contributed by atoms with Crippen molar-refractivity contribution < 1.29 is 17.6 Å². The molecule has 1 N–H and O–H groups in total. The lowest BCUT2D eigenvalue weighted by Gasteiger charge is -2.09. The maximum absolute atomic E-state index is 13.2. The molecule has 0 bridgehead atoms. The van der Waals surface area contributed by atoms with Crippen LogP contribution >= 0.6 is 0 Å². The fraction of sp³-hybridized carbons (Fsp3) is 0.0870. The summed E-state index contributed by atoms with van der Waals surface area (Å²) in [4.78, 5) is 16.9. The number of benzene rings is 3. The van der Waals surface area contributed by atoms with Crippen LogP contribution in [0.15, 0.2) is 87.5 Å². The van der Waals surface area contributed by atoms with Crippen LogP contribution < -0.4 is 5.32 Å². The second kappa shape index (κ2) is 7.61. The average Bonchev–Trinajstić information content (AvgIpc) is 3.43. The van der Waals surface area contributed by atoms with E-state index in [4.69, 9.17) is 4.42 Å². The van der Waals surface area contributed by atoms with E-state index in [1.165, 1.54) is 6.39 Å². The molecular weight excluding hydrogens is 428 g/mol. The lowest BCUT2D eigenvalue weighted by atomic mass is 10.2. The van der Waals surface area contributed by atoms with Crippen LogP contribution in [0.5, 0.6) is 0 Å². The Labute approximate surface area is 183 Å². The van der Waals surface area contributed by atoms with Crippen LogP contribution in [0.1, 0.15) is 15.9 Å². The number of nitrogens with one attached hydrogen (secondary N) is 1. The van der Waals surface area contributed by atoms with Crippen molar-refractivity contribution in [2.24, 2.45) is 7.05 Å². The van der Waals surface area contributed by atoms with E-state index >= 15 is 0 Å². The van der Waals surface area contributed by atoms with Crippen molar-refractivity contribution in [3.8, 4) is 0 Å². The first kappa shape index (κ1) is 20.0. The van der Waals surface area contributed by atoms with E-state index in [0.717, 1.165) is 11.1 Å². The van der Waals surface area contributed by atoms with E-state index in [0.29, 0.717) is 22.0 Å². The topological polar surface area (TPSA) is 107 Å². The molecule has 2 heterocycles. The Balaban J connectivity index is 1.33. The van der Waals surface area contributed by atoms with Gasteiger partial charge >= 0.3 is 0 Å². The Morgan fingerprint density at radius 2 is 1.91 bits per heavy atom. The van der Waals surface area contributed by atoms with E-state index in [2.05, 4.69) is 15.4 Å². The lowest BCUT2D eigenvalue weighted by molar-refractivity contribution is 0.0951. The molecule has 5 rings (SSSR count). The summed E-state index contributed by atoms with van der Waals surface area (Å²) in [7, 11) is -1.95. The molecule has 9 heteroatoms. The van der Waals surface area contributed by atoms with Crippen molar-refractivity contribution in [1.82, 2.24) is 20.1 Å². The third kappa shape index (κ3) is 3.42.